The highest BCUT2D eigenvalue weighted by Crippen LogP contribution is 2.36. The van der Waals surface area contributed by atoms with Crippen LogP contribution in [0.1, 0.15) is 36.6 Å². The number of fused-ring (bicyclic) bond motifs is 3. The number of aryl methyl sites for hydroxylation is 1. The summed E-state index contributed by atoms with van der Waals surface area (Å²) in [6, 6.07) is 7.26. The Morgan fingerprint density at radius 1 is 1.29 bits per heavy atom. The Balaban J connectivity index is 1.43. The van der Waals surface area contributed by atoms with Gasteiger partial charge in [0.2, 0.25) is 11.8 Å². The molecule has 0 bridgehead atoms. The van der Waals surface area contributed by atoms with Gasteiger partial charge < -0.3 is 4.42 Å². The molecule has 1 aromatic carbocycles. The van der Waals surface area contributed by atoms with E-state index in [0.29, 0.717) is 40.2 Å². The summed E-state index contributed by atoms with van der Waals surface area (Å²) in [5.74, 6) is 2.05. The van der Waals surface area contributed by atoms with Gasteiger partial charge in [-0.25, -0.2) is 4.98 Å². The fourth-order valence-corrected chi connectivity index (χ4v) is 6.39. The number of rotatable bonds is 5. The third kappa shape index (κ3) is 3.92. The van der Waals surface area contributed by atoms with Crippen molar-refractivity contribution in [2.24, 2.45) is 5.92 Å². The third-order valence-corrected chi connectivity index (χ3v) is 7.94. The minimum absolute atomic E-state index is 0.0643. The van der Waals surface area contributed by atoms with Gasteiger partial charge in [-0.2, -0.15) is 0 Å². The molecule has 0 aliphatic heterocycles. The second-order valence-electron chi connectivity index (χ2n) is 7.77. The van der Waals surface area contributed by atoms with Gasteiger partial charge in [0.25, 0.3) is 5.56 Å². The Morgan fingerprint density at radius 3 is 2.87 bits per heavy atom. The van der Waals surface area contributed by atoms with Crippen molar-refractivity contribution in [3.8, 4) is 11.5 Å². The molecule has 0 spiro atoms. The molecule has 5 rings (SSSR count). The van der Waals surface area contributed by atoms with E-state index in [1.807, 2.05) is 19.1 Å². The molecular formula is C22H21ClN4O2S2. The minimum atomic E-state index is 0.0643. The lowest BCUT2D eigenvalue weighted by atomic mass is 9.89. The Labute approximate surface area is 192 Å². The van der Waals surface area contributed by atoms with Crippen molar-refractivity contribution < 1.29 is 4.42 Å². The van der Waals surface area contributed by atoms with Crippen LogP contribution in [0, 0.1) is 5.92 Å². The third-order valence-electron chi connectivity index (χ3n) is 5.58. The van der Waals surface area contributed by atoms with E-state index in [0.717, 1.165) is 35.0 Å². The van der Waals surface area contributed by atoms with Gasteiger partial charge in [0.1, 0.15) is 4.83 Å². The largest absolute Gasteiger partial charge is 0.420 e. The van der Waals surface area contributed by atoms with Crippen LogP contribution in [0.25, 0.3) is 21.7 Å². The molecule has 3 heterocycles. The molecular weight excluding hydrogens is 452 g/mol. The highest BCUT2D eigenvalue weighted by atomic mass is 35.5. The molecule has 0 amide bonds. The number of thiophene rings is 1. The van der Waals surface area contributed by atoms with Crippen LogP contribution in [-0.4, -0.2) is 19.7 Å². The van der Waals surface area contributed by atoms with Crippen molar-refractivity contribution in [1.82, 2.24) is 19.7 Å². The maximum absolute atomic E-state index is 13.3. The number of benzene rings is 1. The van der Waals surface area contributed by atoms with E-state index < -0.39 is 0 Å². The summed E-state index contributed by atoms with van der Waals surface area (Å²) in [4.78, 5) is 20.3. The van der Waals surface area contributed by atoms with Crippen LogP contribution in [0.2, 0.25) is 5.02 Å². The van der Waals surface area contributed by atoms with Crippen molar-refractivity contribution in [3.05, 3.63) is 56.0 Å². The second kappa shape index (κ2) is 8.41. The first kappa shape index (κ1) is 20.7. The van der Waals surface area contributed by atoms with Crippen molar-refractivity contribution in [3.63, 3.8) is 0 Å². The second-order valence-corrected chi connectivity index (χ2v) is 10.2. The Bertz CT molecular complexity index is 1310. The van der Waals surface area contributed by atoms with Gasteiger partial charge in [0.05, 0.1) is 11.1 Å². The number of hydrogen-bond donors (Lipinski definition) is 0. The number of halogens is 1. The molecule has 6 nitrogen and oxygen atoms in total. The maximum atomic E-state index is 13.3. The van der Waals surface area contributed by atoms with Gasteiger partial charge in [-0.3, -0.25) is 9.36 Å². The zero-order valence-electron chi connectivity index (χ0n) is 17.2. The molecule has 0 fully saturated rings. The zero-order valence-corrected chi connectivity index (χ0v) is 19.6. The van der Waals surface area contributed by atoms with E-state index in [-0.39, 0.29) is 5.56 Å². The number of aromatic nitrogens is 4. The van der Waals surface area contributed by atoms with Gasteiger partial charge in [-0.1, -0.05) is 30.3 Å². The normalized spacial score (nSPS) is 16.0. The molecule has 1 aliphatic rings. The van der Waals surface area contributed by atoms with Crippen molar-refractivity contribution in [1.29, 1.82) is 0 Å². The predicted molar refractivity (Wildman–Crippen MR) is 125 cm³/mol. The van der Waals surface area contributed by atoms with Crippen LogP contribution in [0.5, 0.6) is 0 Å². The summed E-state index contributed by atoms with van der Waals surface area (Å²) in [6.45, 7) is 4.82. The van der Waals surface area contributed by atoms with Crippen LogP contribution in [-0.2, 0) is 25.1 Å². The molecule has 0 N–H and O–H groups in total. The van der Waals surface area contributed by atoms with Gasteiger partial charge in [-0.15, -0.1) is 21.5 Å². The minimum Gasteiger partial charge on any atom is -0.420 e. The van der Waals surface area contributed by atoms with E-state index >= 15 is 0 Å². The van der Waals surface area contributed by atoms with Crippen LogP contribution < -0.4 is 5.56 Å². The van der Waals surface area contributed by atoms with Gasteiger partial charge in [0.15, 0.2) is 5.16 Å². The first-order valence-electron chi connectivity index (χ1n) is 10.3. The highest BCUT2D eigenvalue weighted by molar-refractivity contribution is 7.98. The lowest BCUT2D eigenvalue weighted by Crippen LogP contribution is -2.23. The summed E-state index contributed by atoms with van der Waals surface area (Å²) >= 11 is 9.07. The maximum Gasteiger partial charge on any atom is 0.263 e. The molecule has 1 aliphatic carbocycles. The van der Waals surface area contributed by atoms with Gasteiger partial charge >= 0.3 is 0 Å². The standard InChI is InChI=1S/C22H21ClN4O2S2/c1-3-27-21(28)18-15-9-4-12(2)10-16(15)31-20(18)24-22(27)30-11-17-25-26-19(29-17)13-5-7-14(23)8-6-13/h5-8,12H,3-4,9-11H2,1-2H3. The lowest BCUT2D eigenvalue weighted by molar-refractivity contribution is 0.509. The smallest absolute Gasteiger partial charge is 0.263 e. The predicted octanol–water partition coefficient (Wildman–Crippen LogP) is 5.60. The Morgan fingerprint density at radius 2 is 2.10 bits per heavy atom. The van der Waals surface area contributed by atoms with Gasteiger partial charge in [-0.05, 0) is 61.9 Å². The summed E-state index contributed by atoms with van der Waals surface area (Å²) in [5, 5.41) is 10.4. The molecule has 4 aromatic rings. The van der Waals surface area contributed by atoms with E-state index in [2.05, 4.69) is 17.1 Å². The Kier molecular flexibility index (Phi) is 5.62. The average Bonchev–Trinajstić information content (AvgIpc) is 3.37. The number of thioether (sulfide) groups is 1. The monoisotopic (exact) mass is 472 g/mol. The topological polar surface area (TPSA) is 73.8 Å². The van der Waals surface area contributed by atoms with Crippen LogP contribution in [0.15, 0.2) is 38.6 Å². The van der Waals surface area contributed by atoms with Crippen molar-refractivity contribution in [2.45, 2.75) is 50.6 Å². The quantitative estimate of drug-likeness (QED) is 0.278. The Hall–Kier alpha value is -2.16. The first-order valence-corrected chi connectivity index (χ1v) is 12.5. The average molecular weight is 473 g/mol. The number of hydrogen-bond acceptors (Lipinski definition) is 7. The SMILES string of the molecule is CCn1c(SCc2nnc(-c3ccc(Cl)cc3)o2)nc2sc3c(c2c1=O)CCC(C)C3. The van der Waals surface area contributed by atoms with Crippen LogP contribution >= 0.6 is 34.7 Å². The molecule has 0 radical (unpaired) electrons. The summed E-state index contributed by atoms with van der Waals surface area (Å²) in [6.07, 6.45) is 3.15. The van der Waals surface area contributed by atoms with Crippen molar-refractivity contribution in [2.75, 3.05) is 0 Å². The molecule has 1 unspecified atom stereocenters. The van der Waals surface area contributed by atoms with Crippen molar-refractivity contribution >= 4 is 44.9 Å². The van der Waals surface area contributed by atoms with Gasteiger partial charge in [0, 0.05) is 22.0 Å². The molecule has 9 heteroatoms. The zero-order chi connectivity index (χ0) is 21.5. The molecule has 31 heavy (non-hydrogen) atoms. The summed E-state index contributed by atoms with van der Waals surface area (Å²) < 4.78 is 7.56. The summed E-state index contributed by atoms with van der Waals surface area (Å²) in [5.41, 5.74) is 2.10. The van der Waals surface area contributed by atoms with Crippen LogP contribution in [0.4, 0.5) is 0 Å². The molecule has 160 valence electrons. The van der Waals surface area contributed by atoms with E-state index in [4.69, 9.17) is 21.0 Å². The highest BCUT2D eigenvalue weighted by Gasteiger charge is 2.24. The summed E-state index contributed by atoms with van der Waals surface area (Å²) in [7, 11) is 0. The molecule has 3 aromatic heterocycles. The van der Waals surface area contributed by atoms with E-state index in [1.54, 1.807) is 28.0 Å². The first-order chi connectivity index (χ1) is 15.0. The fourth-order valence-electron chi connectivity index (χ4n) is 3.94. The molecule has 1 atom stereocenters. The van der Waals surface area contributed by atoms with Crippen LogP contribution in [0.3, 0.4) is 0 Å². The van der Waals surface area contributed by atoms with E-state index in [1.165, 1.54) is 22.2 Å². The number of nitrogens with zero attached hydrogens (tertiary/aromatic N) is 4. The lowest BCUT2D eigenvalue weighted by Gasteiger charge is -2.17. The van der Waals surface area contributed by atoms with E-state index in [9.17, 15) is 4.79 Å². The fraction of sp³-hybridized carbons (Fsp3) is 0.364. The molecule has 0 saturated heterocycles. The molecule has 0 saturated carbocycles.